The molecule has 3 aromatic rings. The van der Waals surface area contributed by atoms with E-state index in [1.165, 1.54) is 0 Å². The maximum Gasteiger partial charge on any atom is 0.272 e. The van der Waals surface area contributed by atoms with E-state index in [2.05, 4.69) is 34.1 Å². The summed E-state index contributed by atoms with van der Waals surface area (Å²) in [7, 11) is 1.84. The number of imidazole rings is 2. The average Bonchev–Trinajstić information content (AvgIpc) is 3.17. The fourth-order valence-corrected chi connectivity index (χ4v) is 2.58. The van der Waals surface area contributed by atoms with E-state index in [-0.39, 0.29) is 17.9 Å². The molecular formula is C17H21N5O. The van der Waals surface area contributed by atoms with E-state index >= 15 is 0 Å². The number of nitrogens with one attached hydrogen (secondary N) is 2. The minimum atomic E-state index is -0.184. The summed E-state index contributed by atoms with van der Waals surface area (Å²) in [4.78, 5) is 24.5. The molecule has 6 nitrogen and oxygen atoms in total. The number of benzene rings is 1. The molecule has 0 saturated heterocycles. The Morgan fingerprint density at radius 2 is 2.17 bits per heavy atom. The molecule has 2 aromatic heterocycles. The normalized spacial score (nSPS) is 13.9. The summed E-state index contributed by atoms with van der Waals surface area (Å²) < 4.78 is 1.76. The summed E-state index contributed by atoms with van der Waals surface area (Å²) in [5.41, 5.74) is 2.29. The SMILES string of the molecule is CC[C@H](C)[C@H](NC(=O)c1cn(C)cn1)c1nc2ccccc2[nH]1. The Kier molecular flexibility index (Phi) is 4.14. The highest BCUT2D eigenvalue weighted by molar-refractivity contribution is 5.92. The standard InChI is InChI=1S/C17H21N5O/c1-4-11(2)15(21-17(23)14-9-22(3)10-18-14)16-19-12-7-5-6-8-13(12)20-16/h5-11,15H,4H2,1-3H3,(H,19,20)(H,21,23)/t11-,15-/m0/s1. The van der Waals surface area contributed by atoms with Gasteiger partial charge < -0.3 is 14.9 Å². The van der Waals surface area contributed by atoms with Gasteiger partial charge in [0.15, 0.2) is 0 Å². The summed E-state index contributed by atoms with van der Waals surface area (Å²) >= 11 is 0. The van der Waals surface area contributed by atoms with Gasteiger partial charge in [0.2, 0.25) is 0 Å². The third kappa shape index (κ3) is 3.11. The fraction of sp³-hybridized carbons (Fsp3) is 0.353. The van der Waals surface area contributed by atoms with Crippen LogP contribution < -0.4 is 5.32 Å². The first-order valence-electron chi connectivity index (χ1n) is 7.82. The highest BCUT2D eigenvalue weighted by Crippen LogP contribution is 2.24. The topological polar surface area (TPSA) is 75.6 Å². The third-order valence-corrected chi connectivity index (χ3v) is 4.14. The first-order valence-corrected chi connectivity index (χ1v) is 7.82. The van der Waals surface area contributed by atoms with Crippen LogP contribution in [0.3, 0.4) is 0 Å². The molecule has 0 spiro atoms. The lowest BCUT2D eigenvalue weighted by Crippen LogP contribution is -2.33. The predicted molar refractivity (Wildman–Crippen MR) is 89.0 cm³/mol. The first kappa shape index (κ1) is 15.3. The van der Waals surface area contributed by atoms with E-state index in [4.69, 9.17) is 0 Å². The van der Waals surface area contributed by atoms with Gasteiger partial charge >= 0.3 is 0 Å². The zero-order valence-corrected chi connectivity index (χ0v) is 13.6. The molecule has 0 saturated carbocycles. The quantitative estimate of drug-likeness (QED) is 0.761. The van der Waals surface area contributed by atoms with Crippen LogP contribution in [-0.2, 0) is 7.05 Å². The van der Waals surface area contributed by atoms with Crippen molar-refractivity contribution in [3.63, 3.8) is 0 Å². The zero-order valence-electron chi connectivity index (χ0n) is 13.6. The highest BCUT2D eigenvalue weighted by atomic mass is 16.2. The number of fused-ring (bicyclic) bond motifs is 1. The second-order valence-electron chi connectivity index (χ2n) is 5.90. The molecule has 0 unspecified atom stereocenters. The van der Waals surface area contributed by atoms with Gasteiger partial charge in [0.05, 0.1) is 23.4 Å². The van der Waals surface area contributed by atoms with E-state index in [0.717, 1.165) is 23.3 Å². The maximum absolute atomic E-state index is 12.4. The van der Waals surface area contributed by atoms with E-state index in [0.29, 0.717) is 5.69 Å². The van der Waals surface area contributed by atoms with Crippen molar-refractivity contribution in [3.05, 3.63) is 48.3 Å². The van der Waals surface area contributed by atoms with Gasteiger partial charge in [0.25, 0.3) is 5.91 Å². The number of hydrogen-bond donors (Lipinski definition) is 2. The lowest BCUT2D eigenvalue weighted by Gasteiger charge is -2.22. The van der Waals surface area contributed by atoms with Crippen molar-refractivity contribution >= 4 is 16.9 Å². The molecule has 2 N–H and O–H groups in total. The number of aromatic amines is 1. The van der Waals surface area contributed by atoms with Crippen molar-refractivity contribution in [1.29, 1.82) is 0 Å². The number of para-hydroxylation sites is 2. The molecule has 0 radical (unpaired) electrons. The minimum absolute atomic E-state index is 0.179. The molecule has 23 heavy (non-hydrogen) atoms. The van der Waals surface area contributed by atoms with Crippen LogP contribution in [0.15, 0.2) is 36.8 Å². The molecule has 0 fully saturated rings. The number of aromatic nitrogens is 4. The van der Waals surface area contributed by atoms with Crippen molar-refractivity contribution < 1.29 is 4.79 Å². The lowest BCUT2D eigenvalue weighted by molar-refractivity contribution is 0.0915. The number of carbonyl (C=O) groups is 1. The van der Waals surface area contributed by atoms with Crippen LogP contribution in [0.5, 0.6) is 0 Å². The number of rotatable bonds is 5. The summed E-state index contributed by atoms with van der Waals surface area (Å²) in [6, 6.07) is 7.69. The van der Waals surface area contributed by atoms with Crippen LogP contribution >= 0.6 is 0 Å². The molecule has 0 aliphatic rings. The summed E-state index contributed by atoms with van der Waals surface area (Å²) in [5, 5.41) is 3.07. The molecule has 1 aromatic carbocycles. The Morgan fingerprint density at radius 1 is 1.39 bits per heavy atom. The molecule has 120 valence electrons. The minimum Gasteiger partial charge on any atom is -0.340 e. The predicted octanol–water partition coefficient (Wildman–Crippen LogP) is 2.81. The Labute approximate surface area is 135 Å². The molecule has 0 aliphatic carbocycles. The number of amides is 1. The average molecular weight is 311 g/mol. The third-order valence-electron chi connectivity index (χ3n) is 4.14. The molecule has 6 heteroatoms. The molecule has 2 heterocycles. The van der Waals surface area contributed by atoms with E-state index in [1.807, 2.05) is 31.3 Å². The van der Waals surface area contributed by atoms with Crippen LogP contribution in [0.1, 0.15) is 42.6 Å². The van der Waals surface area contributed by atoms with Crippen molar-refractivity contribution in [2.75, 3.05) is 0 Å². The Hall–Kier alpha value is -2.63. The van der Waals surface area contributed by atoms with Gasteiger partial charge in [0, 0.05) is 13.2 Å². The van der Waals surface area contributed by atoms with Gasteiger partial charge in [-0.1, -0.05) is 32.4 Å². The molecule has 1 amide bonds. The van der Waals surface area contributed by atoms with Crippen LogP contribution in [0.4, 0.5) is 0 Å². The van der Waals surface area contributed by atoms with E-state index in [1.54, 1.807) is 17.1 Å². The summed E-state index contributed by atoms with van der Waals surface area (Å²) in [6.45, 7) is 4.21. The van der Waals surface area contributed by atoms with Gasteiger partial charge in [-0.15, -0.1) is 0 Å². The van der Waals surface area contributed by atoms with Gasteiger partial charge in [-0.3, -0.25) is 4.79 Å². The second-order valence-corrected chi connectivity index (χ2v) is 5.90. The van der Waals surface area contributed by atoms with E-state index in [9.17, 15) is 4.79 Å². The largest absolute Gasteiger partial charge is 0.340 e. The van der Waals surface area contributed by atoms with Crippen molar-refractivity contribution in [1.82, 2.24) is 24.8 Å². The molecular weight excluding hydrogens is 290 g/mol. The van der Waals surface area contributed by atoms with Gasteiger partial charge in [0.1, 0.15) is 11.5 Å². The zero-order chi connectivity index (χ0) is 16.4. The van der Waals surface area contributed by atoms with Crippen LogP contribution in [-0.4, -0.2) is 25.4 Å². The van der Waals surface area contributed by atoms with Crippen LogP contribution in [0.25, 0.3) is 11.0 Å². The molecule has 3 rings (SSSR count). The Morgan fingerprint density at radius 3 is 2.83 bits per heavy atom. The maximum atomic E-state index is 12.4. The lowest BCUT2D eigenvalue weighted by atomic mass is 9.98. The summed E-state index contributed by atoms with van der Waals surface area (Å²) in [6.07, 6.45) is 4.26. The van der Waals surface area contributed by atoms with Crippen LogP contribution in [0, 0.1) is 5.92 Å². The monoisotopic (exact) mass is 311 g/mol. The number of carbonyl (C=O) groups excluding carboxylic acids is 1. The van der Waals surface area contributed by atoms with Gasteiger partial charge in [-0.25, -0.2) is 9.97 Å². The highest BCUT2D eigenvalue weighted by Gasteiger charge is 2.24. The first-order chi connectivity index (χ1) is 11.1. The van der Waals surface area contributed by atoms with Crippen molar-refractivity contribution in [2.45, 2.75) is 26.3 Å². The fourth-order valence-electron chi connectivity index (χ4n) is 2.58. The number of aryl methyl sites for hydroxylation is 1. The number of nitrogens with zero attached hydrogens (tertiary/aromatic N) is 3. The smallest absolute Gasteiger partial charge is 0.272 e. The van der Waals surface area contributed by atoms with E-state index < -0.39 is 0 Å². The Balaban J connectivity index is 1.89. The second kappa shape index (κ2) is 6.24. The molecule has 0 aliphatic heterocycles. The van der Waals surface area contributed by atoms with Crippen molar-refractivity contribution in [2.24, 2.45) is 13.0 Å². The van der Waals surface area contributed by atoms with Gasteiger partial charge in [-0.2, -0.15) is 0 Å². The van der Waals surface area contributed by atoms with Gasteiger partial charge in [-0.05, 0) is 18.1 Å². The summed E-state index contributed by atoms with van der Waals surface area (Å²) in [5.74, 6) is 0.851. The number of hydrogen-bond acceptors (Lipinski definition) is 3. The van der Waals surface area contributed by atoms with Crippen molar-refractivity contribution in [3.8, 4) is 0 Å². The number of H-pyrrole nitrogens is 1. The molecule has 0 bridgehead atoms. The Bertz CT molecular complexity index is 786. The van der Waals surface area contributed by atoms with Crippen LogP contribution in [0.2, 0.25) is 0 Å². The molecule has 2 atom stereocenters.